The molecule has 37 heavy (non-hydrogen) atoms. The summed E-state index contributed by atoms with van der Waals surface area (Å²) in [5.41, 5.74) is 5.35. The molecule has 204 valence electrons. The summed E-state index contributed by atoms with van der Waals surface area (Å²) in [6.45, 7) is 9.20. The molecule has 4 rings (SSSR count). The molecule has 2 saturated carbocycles. The van der Waals surface area contributed by atoms with E-state index >= 15 is 0 Å². The molecular weight excluding hydrogens is 452 g/mol. The van der Waals surface area contributed by atoms with Crippen LogP contribution in [0.15, 0.2) is 24.5 Å². The summed E-state index contributed by atoms with van der Waals surface area (Å²) in [4.78, 5) is 9.79. The van der Waals surface area contributed by atoms with Gasteiger partial charge in [-0.05, 0) is 98.3 Å². The maximum atomic E-state index is 6.45. The summed E-state index contributed by atoms with van der Waals surface area (Å²) in [5, 5.41) is 0. The predicted molar refractivity (Wildman–Crippen MR) is 155 cm³/mol. The third kappa shape index (κ3) is 8.04. The molecule has 2 heterocycles. The number of aryl methyl sites for hydroxylation is 2. The van der Waals surface area contributed by atoms with Gasteiger partial charge in [-0.15, -0.1) is 0 Å². The summed E-state index contributed by atoms with van der Waals surface area (Å²) >= 11 is 0. The standard InChI is InChI=1S/C34H52N2O/c1-5-9-33-29(19-27-15-11-25(7-3)12-16-27)21-31(23-35-33)37-32-22-30(34(10-6-2)36-24-32)20-28-17-13-26(8-4)14-18-28/h21-28H,5-20H2,1-4H3. The molecule has 2 aromatic rings. The van der Waals surface area contributed by atoms with Crippen LogP contribution >= 0.6 is 0 Å². The first kappa shape index (κ1) is 28.1. The SMILES string of the molecule is CCCc1ncc(Oc2cnc(CCC)c(CC3CCC(CC)CC3)c2)cc1CC1CCC(CC)CC1. The third-order valence-electron chi connectivity index (χ3n) is 9.38. The van der Waals surface area contributed by atoms with Crippen LogP contribution in [0.3, 0.4) is 0 Å². The summed E-state index contributed by atoms with van der Waals surface area (Å²) in [7, 11) is 0. The zero-order valence-electron chi connectivity index (χ0n) is 24.2. The number of rotatable bonds is 12. The number of ether oxygens (including phenoxy) is 1. The summed E-state index contributed by atoms with van der Waals surface area (Å²) in [6, 6.07) is 4.57. The van der Waals surface area contributed by atoms with Gasteiger partial charge in [0.15, 0.2) is 0 Å². The summed E-state index contributed by atoms with van der Waals surface area (Å²) < 4.78 is 6.45. The fourth-order valence-corrected chi connectivity index (χ4v) is 6.87. The molecular formula is C34H52N2O. The number of hydrogen-bond acceptors (Lipinski definition) is 3. The van der Waals surface area contributed by atoms with Gasteiger partial charge in [0.05, 0.1) is 12.4 Å². The highest BCUT2D eigenvalue weighted by atomic mass is 16.5. The van der Waals surface area contributed by atoms with Gasteiger partial charge in [-0.25, -0.2) is 0 Å². The Morgan fingerprint density at radius 2 is 0.973 bits per heavy atom. The fourth-order valence-electron chi connectivity index (χ4n) is 6.87. The van der Waals surface area contributed by atoms with Crippen LogP contribution in [0, 0.1) is 23.7 Å². The van der Waals surface area contributed by atoms with Crippen molar-refractivity contribution in [2.75, 3.05) is 0 Å². The van der Waals surface area contributed by atoms with Gasteiger partial charge < -0.3 is 4.74 Å². The fraction of sp³-hybridized carbons (Fsp3) is 0.706. The van der Waals surface area contributed by atoms with Crippen LogP contribution in [0.2, 0.25) is 0 Å². The highest BCUT2D eigenvalue weighted by Crippen LogP contribution is 2.36. The van der Waals surface area contributed by atoms with Crippen molar-refractivity contribution in [3.63, 3.8) is 0 Å². The minimum absolute atomic E-state index is 0.792. The van der Waals surface area contributed by atoms with E-state index in [4.69, 9.17) is 14.7 Å². The van der Waals surface area contributed by atoms with E-state index < -0.39 is 0 Å². The maximum absolute atomic E-state index is 6.45. The molecule has 2 fully saturated rings. The first-order valence-electron chi connectivity index (χ1n) is 15.7. The Hall–Kier alpha value is -1.90. The minimum atomic E-state index is 0.792. The average molecular weight is 505 g/mol. The highest BCUT2D eigenvalue weighted by Gasteiger charge is 2.23. The second kappa shape index (κ2) is 14.3. The smallest absolute Gasteiger partial charge is 0.146 e. The molecule has 0 aliphatic heterocycles. The molecule has 0 amide bonds. The van der Waals surface area contributed by atoms with Crippen molar-refractivity contribution in [3.05, 3.63) is 47.0 Å². The van der Waals surface area contributed by atoms with Gasteiger partial charge in [0.1, 0.15) is 11.5 Å². The van der Waals surface area contributed by atoms with Gasteiger partial charge in [0.2, 0.25) is 0 Å². The molecule has 0 atom stereocenters. The monoisotopic (exact) mass is 504 g/mol. The first-order chi connectivity index (χ1) is 18.1. The van der Waals surface area contributed by atoms with E-state index in [0.717, 1.165) is 73.7 Å². The third-order valence-corrected chi connectivity index (χ3v) is 9.38. The average Bonchev–Trinajstić information content (AvgIpc) is 2.92. The lowest BCUT2D eigenvalue weighted by Gasteiger charge is -2.28. The van der Waals surface area contributed by atoms with E-state index in [2.05, 4.69) is 39.8 Å². The van der Waals surface area contributed by atoms with E-state index in [9.17, 15) is 0 Å². The lowest BCUT2D eigenvalue weighted by Crippen LogP contribution is -2.17. The Kier molecular flexibility index (Phi) is 10.9. The minimum Gasteiger partial charge on any atom is -0.454 e. The molecule has 2 aromatic heterocycles. The van der Waals surface area contributed by atoms with Crippen molar-refractivity contribution in [2.24, 2.45) is 23.7 Å². The van der Waals surface area contributed by atoms with E-state index in [1.54, 1.807) is 0 Å². The van der Waals surface area contributed by atoms with E-state index in [-0.39, 0.29) is 0 Å². The molecule has 2 aliphatic rings. The lowest BCUT2D eigenvalue weighted by atomic mass is 9.78. The molecule has 0 N–H and O–H groups in total. The molecule has 0 bridgehead atoms. The van der Waals surface area contributed by atoms with Gasteiger partial charge in [-0.2, -0.15) is 0 Å². The molecule has 0 spiro atoms. The Morgan fingerprint density at radius 3 is 1.32 bits per heavy atom. The molecule has 2 aliphatic carbocycles. The van der Waals surface area contributed by atoms with Crippen molar-refractivity contribution in [1.29, 1.82) is 0 Å². The van der Waals surface area contributed by atoms with Gasteiger partial charge in [-0.3, -0.25) is 9.97 Å². The second-order valence-corrected chi connectivity index (χ2v) is 12.2. The van der Waals surface area contributed by atoms with E-state index in [1.165, 1.54) is 86.7 Å². The van der Waals surface area contributed by atoms with Crippen molar-refractivity contribution in [2.45, 2.75) is 130 Å². The number of pyridine rings is 2. The Morgan fingerprint density at radius 1 is 0.595 bits per heavy atom. The Bertz CT molecular complexity index is 877. The predicted octanol–water partition coefficient (Wildman–Crippen LogP) is 9.69. The zero-order chi connectivity index (χ0) is 26.0. The molecule has 0 saturated heterocycles. The molecule has 3 heteroatoms. The van der Waals surface area contributed by atoms with Crippen LogP contribution in [-0.4, -0.2) is 9.97 Å². The first-order valence-corrected chi connectivity index (χ1v) is 15.7. The van der Waals surface area contributed by atoms with Crippen LogP contribution in [0.1, 0.15) is 127 Å². The van der Waals surface area contributed by atoms with Crippen LogP contribution in [0.5, 0.6) is 11.5 Å². The number of hydrogen-bond donors (Lipinski definition) is 0. The number of nitrogens with zero attached hydrogens (tertiary/aromatic N) is 2. The van der Waals surface area contributed by atoms with Crippen molar-refractivity contribution >= 4 is 0 Å². The van der Waals surface area contributed by atoms with Crippen molar-refractivity contribution in [3.8, 4) is 11.5 Å². The molecule has 0 unspecified atom stereocenters. The van der Waals surface area contributed by atoms with E-state index in [1.807, 2.05) is 12.4 Å². The molecule has 0 radical (unpaired) electrons. The van der Waals surface area contributed by atoms with Gasteiger partial charge >= 0.3 is 0 Å². The topological polar surface area (TPSA) is 35.0 Å². The van der Waals surface area contributed by atoms with Crippen LogP contribution in [0.4, 0.5) is 0 Å². The quantitative estimate of drug-likeness (QED) is 0.288. The van der Waals surface area contributed by atoms with Crippen LogP contribution in [-0.2, 0) is 25.7 Å². The van der Waals surface area contributed by atoms with Crippen LogP contribution in [0.25, 0.3) is 0 Å². The van der Waals surface area contributed by atoms with Crippen molar-refractivity contribution < 1.29 is 4.74 Å². The molecule has 0 aromatic carbocycles. The van der Waals surface area contributed by atoms with Gasteiger partial charge in [0.25, 0.3) is 0 Å². The lowest BCUT2D eigenvalue weighted by molar-refractivity contribution is 0.267. The van der Waals surface area contributed by atoms with E-state index in [0.29, 0.717) is 0 Å². The van der Waals surface area contributed by atoms with Crippen LogP contribution < -0.4 is 4.74 Å². The second-order valence-electron chi connectivity index (χ2n) is 12.2. The number of aromatic nitrogens is 2. The Balaban J connectivity index is 1.47. The van der Waals surface area contributed by atoms with Gasteiger partial charge in [-0.1, -0.05) is 79.1 Å². The van der Waals surface area contributed by atoms with Crippen molar-refractivity contribution in [1.82, 2.24) is 9.97 Å². The highest BCUT2D eigenvalue weighted by molar-refractivity contribution is 5.36. The molecule has 3 nitrogen and oxygen atoms in total. The maximum Gasteiger partial charge on any atom is 0.146 e. The Labute approximate surface area is 227 Å². The summed E-state index contributed by atoms with van der Waals surface area (Å²) in [6.07, 6.45) is 24.3. The normalized spacial score (nSPS) is 24.2. The van der Waals surface area contributed by atoms with Gasteiger partial charge in [0, 0.05) is 11.4 Å². The summed E-state index contributed by atoms with van der Waals surface area (Å²) in [5.74, 6) is 5.21. The zero-order valence-corrected chi connectivity index (χ0v) is 24.2. The largest absolute Gasteiger partial charge is 0.454 e.